The van der Waals surface area contributed by atoms with Crippen LogP contribution >= 0.6 is 0 Å². The maximum absolute atomic E-state index is 12.4. The lowest BCUT2D eigenvalue weighted by molar-refractivity contribution is -0.145. The third-order valence-corrected chi connectivity index (χ3v) is 3.71. The van der Waals surface area contributed by atoms with Crippen LogP contribution in [0.15, 0.2) is 0 Å². The van der Waals surface area contributed by atoms with Crippen molar-refractivity contribution in [3.63, 3.8) is 0 Å². The zero-order chi connectivity index (χ0) is 13.7. The van der Waals surface area contributed by atoms with E-state index in [1.54, 1.807) is 4.90 Å². The van der Waals surface area contributed by atoms with E-state index in [0.717, 1.165) is 19.4 Å². The van der Waals surface area contributed by atoms with Gasteiger partial charge in [0, 0.05) is 33.3 Å². The van der Waals surface area contributed by atoms with Gasteiger partial charge in [0.15, 0.2) is 0 Å². The monoisotopic (exact) mass is 270 g/mol. The van der Waals surface area contributed by atoms with E-state index in [4.69, 9.17) is 9.47 Å². The Bertz CT molecular complexity index is 329. The van der Waals surface area contributed by atoms with Gasteiger partial charge in [-0.3, -0.25) is 9.59 Å². The third kappa shape index (κ3) is 3.67. The standard InChI is InChI=1S/C13H22N2O4/c1-18-10-12(16)15-4-2-3-11(9-15)13(17)14-5-7-19-8-6-14/h11H,2-10H2,1H3/t11-/m1/s1. The average molecular weight is 270 g/mol. The van der Waals surface area contributed by atoms with Gasteiger partial charge in [-0.1, -0.05) is 0 Å². The predicted molar refractivity (Wildman–Crippen MR) is 68.6 cm³/mol. The van der Waals surface area contributed by atoms with Crippen LogP contribution in [0.2, 0.25) is 0 Å². The minimum absolute atomic E-state index is 0.0259. The number of methoxy groups -OCH3 is 1. The normalized spacial score (nSPS) is 24.4. The summed E-state index contributed by atoms with van der Waals surface area (Å²) in [5, 5.41) is 0. The summed E-state index contributed by atoms with van der Waals surface area (Å²) in [5.41, 5.74) is 0. The summed E-state index contributed by atoms with van der Waals surface area (Å²) in [6, 6.07) is 0. The first-order valence-corrected chi connectivity index (χ1v) is 6.85. The Balaban J connectivity index is 1.89. The molecule has 0 aromatic rings. The molecule has 0 saturated carbocycles. The quantitative estimate of drug-likeness (QED) is 0.708. The Hall–Kier alpha value is -1.14. The fourth-order valence-corrected chi connectivity index (χ4v) is 2.66. The molecule has 19 heavy (non-hydrogen) atoms. The number of rotatable bonds is 3. The van der Waals surface area contributed by atoms with Gasteiger partial charge in [0.2, 0.25) is 11.8 Å². The molecule has 2 heterocycles. The lowest BCUT2D eigenvalue weighted by atomic mass is 9.96. The highest BCUT2D eigenvalue weighted by Gasteiger charge is 2.31. The molecule has 2 aliphatic rings. The molecular weight excluding hydrogens is 248 g/mol. The van der Waals surface area contributed by atoms with Crippen LogP contribution in [0.1, 0.15) is 12.8 Å². The topological polar surface area (TPSA) is 59.1 Å². The summed E-state index contributed by atoms with van der Waals surface area (Å²) < 4.78 is 10.1. The van der Waals surface area contributed by atoms with Crippen LogP contribution in [0.3, 0.4) is 0 Å². The smallest absolute Gasteiger partial charge is 0.248 e. The molecule has 0 spiro atoms. The molecule has 1 atom stereocenters. The van der Waals surface area contributed by atoms with E-state index in [-0.39, 0.29) is 24.3 Å². The molecule has 2 aliphatic heterocycles. The Kier molecular flexibility index (Phi) is 5.15. The van der Waals surface area contributed by atoms with Gasteiger partial charge in [0.05, 0.1) is 19.1 Å². The van der Waals surface area contributed by atoms with Crippen LogP contribution in [0.4, 0.5) is 0 Å². The predicted octanol–water partition coefficient (Wildman–Crippen LogP) is -0.270. The zero-order valence-electron chi connectivity index (χ0n) is 11.5. The molecule has 6 heteroatoms. The minimum Gasteiger partial charge on any atom is -0.378 e. The van der Waals surface area contributed by atoms with E-state index in [1.165, 1.54) is 7.11 Å². The van der Waals surface area contributed by atoms with Crippen molar-refractivity contribution in [2.75, 3.05) is 53.1 Å². The second kappa shape index (κ2) is 6.86. The highest BCUT2D eigenvalue weighted by Crippen LogP contribution is 2.19. The second-order valence-electron chi connectivity index (χ2n) is 5.05. The van der Waals surface area contributed by atoms with E-state index >= 15 is 0 Å². The molecule has 2 fully saturated rings. The van der Waals surface area contributed by atoms with Crippen molar-refractivity contribution in [1.29, 1.82) is 0 Å². The molecule has 2 rings (SSSR count). The molecule has 0 N–H and O–H groups in total. The second-order valence-corrected chi connectivity index (χ2v) is 5.05. The summed E-state index contributed by atoms with van der Waals surface area (Å²) in [5.74, 6) is 0.0767. The Morgan fingerprint density at radius 3 is 2.63 bits per heavy atom. The largest absolute Gasteiger partial charge is 0.378 e. The van der Waals surface area contributed by atoms with Crippen LogP contribution in [0.25, 0.3) is 0 Å². The SMILES string of the molecule is COCC(=O)N1CCC[C@@H](C(=O)N2CCOCC2)C1. The van der Waals surface area contributed by atoms with E-state index < -0.39 is 0 Å². The Morgan fingerprint density at radius 2 is 1.95 bits per heavy atom. The first-order valence-electron chi connectivity index (χ1n) is 6.85. The number of nitrogens with zero attached hydrogens (tertiary/aromatic N) is 2. The van der Waals surface area contributed by atoms with Crippen LogP contribution in [0, 0.1) is 5.92 Å². The molecule has 0 aliphatic carbocycles. The molecule has 2 amide bonds. The van der Waals surface area contributed by atoms with Gasteiger partial charge in [0.25, 0.3) is 0 Å². The van der Waals surface area contributed by atoms with E-state index in [2.05, 4.69) is 0 Å². The highest BCUT2D eigenvalue weighted by atomic mass is 16.5. The van der Waals surface area contributed by atoms with Gasteiger partial charge in [0.1, 0.15) is 6.61 Å². The maximum Gasteiger partial charge on any atom is 0.248 e. The molecule has 2 saturated heterocycles. The van der Waals surface area contributed by atoms with Crippen LogP contribution < -0.4 is 0 Å². The van der Waals surface area contributed by atoms with E-state index in [0.29, 0.717) is 32.8 Å². The van der Waals surface area contributed by atoms with Gasteiger partial charge in [-0.25, -0.2) is 0 Å². The molecule has 0 aromatic carbocycles. The van der Waals surface area contributed by atoms with Gasteiger partial charge in [-0.2, -0.15) is 0 Å². The van der Waals surface area contributed by atoms with Crippen LogP contribution in [-0.4, -0.2) is 74.7 Å². The summed E-state index contributed by atoms with van der Waals surface area (Å²) in [4.78, 5) is 27.8. The third-order valence-electron chi connectivity index (χ3n) is 3.71. The lowest BCUT2D eigenvalue weighted by Crippen LogP contribution is -2.50. The fraction of sp³-hybridized carbons (Fsp3) is 0.846. The number of hydrogen-bond donors (Lipinski definition) is 0. The molecule has 0 radical (unpaired) electrons. The summed E-state index contributed by atoms with van der Waals surface area (Å²) in [6.07, 6.45) is 1.75. The average Bonchev–Trinajstić information content (AvgIpc) is 2.48. The lowest BCUT2D eigenvalue weighted by Gasteiger charge is -2.36. The summed E-state index contributed by atoms with van der Waals surface area (Å²) in [6.45, 7) is 3.92. The molecule has 0 aromatic heterocycles. The summed E-state index contributed by atoms with van der Waals surface area (Å²) >= 11 is 0. The van der Waals surface area contributed by atoms with Crippen molar-refractivity contribution in [3.8, 4) is 0 Å². The van der Waals surface area contributed by atoms with Crippen molar-refractivity contribution >= 4 is 11.8 Å². The Morgan fingerprint density at radius 1 is 1.21 bits per heavy atom. The van der Waals surface area contributed by atoms with Crippen molar-refractivity contribution < 1.29 is 19.1 Å². The number of amides is 2. The van der Waals surface area contributed by atoms with Crippen molar-refractivity contribution in [3.05, 3.63) is 0 Å². The Labute approximate surface area is 113 Å². The van der Waals surface area contributed by atoms with E-state index in [1.807, 2.05) is 4.90 Å². The number of likely N-dealkylation sites (tertiary alicyclic amines) is 1. The first-order chi connectivity index (χ1) is 9.22. The number of ether oxygens (including phenoxy) is 2. The molecule has 0 bridgehead atoms. The molecular formula is C13H22N2O4. The number of carbonyl (C=O) groups excluding carboxylic acids is 2. The molecule has 0 unspecified atom stereocenters. The number of carbonyl (C=O) groups is 2. The first kappa shape index (κ1) is 14.3. The minimum atomic E-state index is -0.0624. The highest BCUT2D eigenvalue weighted by molar-refractivity contribution is 5.82. The maximum atomic E-state index is 12.4. The number of piperidine rings is 1. The molecule has 108 valence electrons. The summed E-state index contributed by atoms with van der Waals surface area (Å²) in [7, 11) is 1.51. The fourth-order valence-electron chi connectivity index (χ4n) is 2.66. The number of hydrogen-bond acceptors (Lipinski definition) is 4. The van der Waals surface area contributed by atoms with Gasteiger partial charge in [-0.05, 0) is 12.8 Å². The van der Waals surface area contributed by atoms with Crippen LogP contribution in [0.5, 0.6) is 0 Å². The molecule has 6 nitrogen and oxygen atoms in total. The van der Waals surface area contributed by atoms with Crippen molar-refractivity contribution in [2.24, 2.45) is 5.92 Å². The zero-order valence-corrected chi connectivity index (χ0v) is 11.5. The van der Waals surface area contributed by atoms with Gasteiger partial charge >= 0.3 is 0 Å². The van der Waals surface area contributed by atoms with Gasteiger partial charge < -0.3 is 19.3 Å². The van der Waals surface area contributed by atoms with Crippen LogP contribution in [-0.2, 0) is 19.1 Å². The number of morpholine rings is 1. The van der Waals surface area contributed by atoms with Crippen molar-refractivity contribution in [2.45, 2.75) is 12.8 Å². The van der Waals surface area contributed by atoms with Gasteiger partial charge in [-0.15, -0.1) is 0 Å². The van der Waals surface area contributed by atoms with Crippen molar-refractivity contribution in [1.82, 2.24) is 9.80 Å². The van der Waals surface area contributed by atoms with E-state index in [9.17, 15) is 9.59 Å².